The highest BCUT2D eigenvalue weighted by Crippen LogP contribution is 2.40. The molecule has 162 valence electrons. The molecule has 0 fully saturated rings. The average Bonchev–Trinajstić information content (AvgIpc) is 3.32. The smallest absolute Gasteiger partial charge is 0.178 e. The van der Waals surface area contributed by atoms with Gasteiger partial charge < -0.3 is 5.32 Å². The van der Waals surface area contributed by atoms with Crippen molar-refractivity contribution in [2.24, 2.45) is 0 Å². The number of para-hydroxylation sites is 1. The van der Waals surface area contributed by atoms with Crippen molar-refractivity contribution in [1.29, 1.82) is 0 Å². The lowest BCUT2D eigenvalue weighted by Crippen LogP contribution is -2.29. The molecule has 6 aromatic rings. The van der Waals surface area contributed by atoms with Gasteiger partial charge in [-0.05, 0) is 87.3 Å². The summed E-state index contributed by atoms with van der Waals surface area (Å²) in [6.07, 6.45) is 0. The van der Waals surface area contributed by atoms with Gasteiger partial charge in [0.25, 0.3) is 0 Å². The van der Waals surface area contributed by atoms with E-state index < -0.39 is 0 Å². The Hall–Kier alpha value is -3.99. The van der Waals surface area contributed by atoms with E-state index in [0.717, 1.165) is 17.1 Å². The first-order valence-electron chi connectivity index (χ1n) is 11.3. The van der Waals surface area contributed by atoms with Crippen molar-refractivity contribution in [2.75, 3.05) is 5.32 Å². The molecule has 0 amide bonds. The first-order chi connectivity index (χ1) is 16.0. The molecule has 1 atom stereocenters. The van der Waals surface area contributed by atoms with Crippen LogP contribution in [0.15, 0.2) is 84.9 Å². The highest BCUT2D eigenvalue weighted by atomic mass is 15.6. The zero-order valence-electron chi connectivity index (χ0n) is 18.9. The summed E-state index contributed by atoms with van der Waals surface area (Å²) >= 11 is 0. The predicted octanol–water partition coefficient (Wildman–Crippen LogP) is 6.53. The fourth-order valence-corrected chi connectivity index (χ4v) is 4.86. The summed E-state index contributed by atoms with van der Waals surface area (Å²) in [7, 11) is 0. The highest BCUT2D eigenvalue weighted by molar-refractivity contribution is 6.23. The van der Waals surface area contributed by atoms with E-state index in [1.165, 1.54) is 32.3 Å². The van der Waals surface area contributed by atoms with Gasteiger partial charge in [-0.25, -0.2) is 4.68 Å². The molecular formula is C28H25N5. The third kappa shape index (κ3) is 3.20. The SMILES string of the molecule is CC(C)(C)n1nnnc1C(Nc1ccccc1)c1cc2cccc3ccc4cccc1c4c32. The molecule has 1 unspecified atom stereocenters. The average molecular weight is 432 g/mol. The van der Waals surface area contributed by atoms with Crippen LogP contribution < -0.4 is 5.32 Å². The Bertz CT molecular complexity index is 1580. The number of tetrazole rings is 1. The van der Waals surface area contributed by atoms with Crippen LogP contribution >= 0.6 is 0 Å². The number of rotatable bonds is 4. The number of hydrogen-bond donors (Lipinski definition) is 1. The lowest BCUT2D eigenvalue weighted by Gasteiger charge is -2.27. The van der Waals surface area contributed by atoms with Gasteiger partial charge in [0.1, 0.15) is 6.04 Å². The van der Waals surface area contributed by atoms with Crippen molar-refractivity contribution in [3.8, 4) is 0 Å². The number of benzene rings is 5. The van der Waals surface area contributed by atoms with E-state index >= 15 is 0 Å². The van der Waals surface area contributed by atoms with Gasteiger partial charge in [-0.3, -0.25) is 0 Å². The van der Waals surface area contributed by atoms with E-state index in [1.807, 2.05) is 22.9 Å². The first kappa shape index (κ1) is 19.7. The van der Waals surface area contributed by atoms with Gasteiger partial charge in [-0.15, -0.1) is 5.10 Å². The Kier molecular flexibility index (Phi) is 4.34. The zero-order valence-corrected chi connectivity index (χ0v) is 18.9. The van der Waals surface area contributed by atoms with Crippen molar-refractivity contribution in [2.45, 2.75) is 32.4 Å². The quantitative estimate of drug-likeness (QED) is 0.323. The third-order valence-corrected chi connectivity index (χ3v) is 6.32. The molecule has 1 aromatic heterocycles. The Morgan fingerprint density at radius 1 is 0.758 bits per heavy atom. The number of anilines is 1. The van der Waals surface area contributed by atoms with Crippen LogP contribution in [0, 0.1) is 0 Å². The number of aromatic nitrogens is 4. The molecule has 1 N–H and O–H groups in total. The second-order valence-corrected chi connectivity index (χ2v) is 9.58. The first-order valence-corrected chi connectivity index (χ1v) is 11.3. The molecule has 0 aliphatic carbocycles. The topological polar surface area (TPSA) is 55.6 Å². The molecular weight excluding hydrogens is 406 g/mol. The van der Waals surface area contributed by atoms with Gasteiger partial charge in [0.05, 0.1) is 5.54 Å². The summed E-state index contributed by atoms with van der Waals surface area (Å²) in [4.78, 5) is 0. The van der Waals surface area contributed by atoms with Crippen LogP contribution in [-0.4, -0.2) is 20.2 Å². The minimum absolute atomic E-state index is 0.226. The van der Waals surface area contributed by atoms with Crippen molar-refractivity contribution in [1.82, 2.24) is 20.2 Å². The van der Waals surface area contributed by atoms with E-state index in [2.05, 4.69) is 108 Å². The van der Waals surface area contributed by atoms with Crippen LogP contribution in [0.5, 0.6) is 0 Å². The minimum Gasteiger partial charge on any atom is -0.371 e. The molecule has 5 aromatic carbocycles. The maximum atomic E-state index is 4.52. The predicted molar refractivity (Wildman–Crippen MR) is 135 cm³/mol. The number of hydrogen-bond acceptors (Lipinski definition) is 4. The molecule has 0 radical (unpaired) electrons. The largest absolute Gasteiger partial charge is 0.371 e. The molecule has 5 nitrogen and oxygen atoms in total. The zero-order chi connectivity index (χ0) is 22.6. The van der Waals surface area contributed by atoms with Crippen LogP contribution in [0.3, 0.4) is 0 Å². The van der Waals surface area contributed by atoms with Crippen LogP contribution in [-0.2, 0) is 5.54 Å². The summed E-state index contributed by atoms with van der Waals surface area (Å²) in [6.45, 7) is 6.37. The second kappa shape index (κ2) is 7.27. The molecule has 0 bridgehead atoms. The Morgan fingerprint density at radius 3 is 2.21 bits per heavy atom. The molecule has 0 aliphatic heterocycles. The van der Waals surface area contributed by atoms with E-state index in [-0.39, 0.29) is 11.6 Å². The molecule has 0 saturated carbocycles. The molecule has 6 rings (SSSR count). The number of nitrogens with one attached hydrogen (secondary N) is 1. The van der Waals surface area contributed by atoms with E-state index in [4.69, 9.17) is 0 Å². The maximum absolute atomic E-state index is 4.52. The third-order valence-electron chi connectivity index (χ3n) is 6.32. The van der Waals surface area contributed by atoms with Crippen molar-refractivity contribution >= 4 is 38.0 Å². The minimum atomic E-state index is -0.255. The molecule has 0 spiro atoms. The van der Waals surface area contributed by atoms with Gasteiger partial charge in [0, 0.05) is 5.69 Å². The maximum Gasteiger partial charge on any atom is 0.178 e. The summed E-state index contributed by atoms with van der Waals surface area (Å²) in [5.74, 6) is 0.793. The van der Waals surface area contributed by atoms with Crippen molar-refractivity contribution in [3.63, 3.8) is 0 Å². The van der Waals surface area contributed by atoms with Gasteiger partial charge in [0.2, 0.25) is 0 Å². The van der Waals surface area contributed by atoms with Gasteiger partial charge >= 0.3 is 0 Å². The fraction of sp³-hybridized carbons (Fsp3) is 0.179. The Balaban J connectivity index is 1.68. The summed E-state index contributed by atoms with van der Waals surface area (Å²) in [5.41, 5.74) is 1.93. The lowest BCUT2D eigenvalue weighted by molar-refractivity contribution is 0.333. The van der Waals surface area contributed by atoms with Crippen LogP contribution in [0.1, 0.15) is 38.2 Å². The van der Waals surface area contributed by atoms with E-state index in [9.17, 15) is 0 Å². The van der Waals surface area contributed by atoms with Gasteiger partial charge in [-0.2, -0.15) is 0 Å². The highest BCUT2D eigenvalue weighted by Gasteiger charge is 2.29. The lowest BCUT2D eigenvalue weighted by atomic mass is 9.88. The van der Waals surface area contributed by atoms with Crippen molar-refractivity contribution < 1.29 is 0 Å². The fourth-order valence-electron chi connectivity index (χ4n) is 4.86. The Morgan fingerprint density at radius 2 is 1.45 bits per heavy atom. The van der Waals surface area contributed by atoms with Gasteiger partial charge in [0.15, 0.2) is 5.82 Å². The Labute approximate surface area is 192 Å². The molecule has 1 heterocycles. The normalized spacial score (nSPS) is 13.2. The van der Waals surface area contributed by atoms with E-state index in [0.29, 0.717) is 0 Å². The van der Waals surface area contributed by atoms with Crippen molar-refractivity contribution in [3.05, 3.63) is 96.3 Å². The number of nitrogens with zero attached hydrogens (tertiary/aromatic N) is 4. The summed E-state index contributed by atoms with van der Waals surface area (Å²) in [5, 5.41) is 24.2. The van der Waals surface area contributed by atoms with Crippen LogP contribution in [0.4, 0.5) is 5.69 Å². The van der Waals surface area contributed by atoms with E-state index in [1.54, 1.807) is 0 Å². The molecule has 33 heavy (non-hydrogen) atoms. The summed E-state index contributed by atoms with van der Waals surface area (Å²) in [6, 6.07) is 29.8. The van der Waals surface area contributed by atoms with Crippen LogP contribution in [0.2, 0.25) is 0 Å². The van der Waals surface area contributed by atoms with Gasteiger partial charge in [-0.1, -0.05) is 66.7 Å². The summed E-state index contributed by atoms with van der Waals surface area (Å²) < 4.78 is 1.93. The molecule has 0 aliphatic rings. The molecule has 0 saturated heterocycles. The molecule has 5 heteroatoms. The second-order valence-electron chi connectivity index (χ2n) is 9.58. The standard InChI is InChI=1S/C28H25N5/c1-28(2,3)33-27(30-31-32-33)26(29-21-12-5-4-6-13-21)23-17-20-11-7-9-18-15-16-19-10-8-14-22(23)25(19)24(18)20/h4-17,26,29H,1-3H3. The monoisotopic (exact) mass is 431 g/mol. The van der Waals surface area contributed by atoms with Crippen LogP contribution in [0.25, 0.3) is 32.3 Å².